The molecule has 1 heterocycles. The summed E-state index contributed by atoms with van der Waals surface area (Å²) in [4.78, 5) is 1.56. The number of rotatable bonds is 4. The van der Waals surface area contributed by atoms with Gasteiger partial charge in [-0.3, -0.25) is 0 Å². The van der Waals surface area contributed by atoms with Gasteiger partial charge in [0.2, 0.25) is 0 Å². The highest BCUT2D eigenvalue weighted by molar-refractivity contribution is 7.10. The van der Waals surface area contributed by atoms with Crippen molar-refractivity contribution in [1.29, 1.82) is 0 Å². The van der Waals surface area contributed by atoms with Gasteiger partial charge < -0.3 is 5.32 Å². The van der Waals surface area contributed by atoms with E-state index in [0.29, 0.717) is 6.04 Å². The van der Waals surface area contributed by atoms with E-state index in [4.69, 9.17) is 0 Å². The van der Waals surface area contributed by atoms with Crippen molar-refractivity contribution in [2.75, 3.05) is 6.54 Å². The first-order chi connectivity index (χ1) is 9.34. The summed E-state index contributed by atoms with van der Waals surface area (Å²) < 4.78 is 0. The zero-order chi connectivity index (χ0) is 13.1. The topological polar surface area (TPSA) is 12.0 Å². The number of aryl methyl sites for hydroxylation is 1. The van der Waals surface area contributed by atoms with Crippen LogP contribution in [0.1, 0.15) is 34.9 Å². The van der Waals surface area contributed by atoms with Crippen LogP contribution in [-0.2, 0) is 6.42 Å². The lowest BCUT2D eigenvalue weighted by Gasteiger charge is -2.24. The van der Waals surface area contributed by atoms with Crippen molar-refractivity contribution in [3.63, 3.8) is 0 Å². The largest absolute Gasteiger partial charge is 0.306 e. The third kappa shape index (κ3) is 2.80. The summed E-state index contributed by atoms with van der Waals surface area (Å²) in [6, 6.07) is 13.2. The smallest absolute Gasteiger partial charge is 0.0334 e. The van der Waals surface area contributed by atoms with Crippen LogP contribution in [0.3, 0.4) is 0 Å². The van der Waals surface area contributed by atoms with Crippen LogP contribution in [0, 0.1) is 0 Å². The van der Waals surface area contributed by atoms with Crippen molar-refractivity contribution < 1.29 is 0 Å². The Morgan fingerprint density at radius 1 is 1.26 bits per heavy atom. The molecule has 0 amide bonds. The van der Waals surface area contributed by atoms with Crippen LogP contribution in [0.2, 0.25) is 0 Å². The fourth-order valence-electron chi connectivity index (χ4n) is 2.72. The number of hydrogen-bond acceptors (Lipinski definition) is 2. The van der Waals surface area contributed by atoms with Crippen LogP contribution < -0.4 is 5.32 Å². The molecule has 1 aromatic heterocycles. The normalized spacial score (nSPS) is 18.0. The molecule has 1 atom stereocenters. The summed E-state index contributed by atoms with van der Waals surface area (Å²) in [6.07, 6.45) is 3.79. The average molecular weight is 269 g/mol. The van der Waals surface area contributed by atoms with Gasteiger partial charge in [0, 0.05) is 17.5 Å². The quantitative estimate of drug-likeness (QED) is 0.866. The zero-order valence-corrected chi connectivity index (χ0v) is 11.9. The highest BCUT2D eigenvalue weighted by Crippen LogP contribution is 2.33. The molecule has 19 heavy (non-hydrogen) atoms. The standard InChI is InChI=1S/C17H19NS/c1-13(14-6-3-2-4-7-14)12-18-16-8-5-9-17-15(16)10-11-19-17/h2-4,6-7,10-11,16,18H,1,5,8-9,12H2. The third-order valence-corrected chi connectivity index (χ3v) is 4.79. The van der Waals surface area contributed by atoms with E-state index in [1.54, 1.807) is 4.88 Å². The molecule has 0 spiro atoms. The van der Waals surface area contributed by atoms with Crippen molar-refractivity contribution in [3.05, 3.63) is 64.4 Å². The molecular formula is C17H19NS. The van der Waals surface area contributed by atoms with Gasteiger partial charge in [0.05, 0.1) is 0 Å². The van der Waals surface area contributed by atoms with E-state index in [0.717, 1.165) is 6.54 Å². The molecule has 0 bridgehead atoms. The van der Waals surface area contributed by atoms with Gasteiger partial charge in [-0.2, -0.15) is 0 Å². The maximum absolute atomic E-state index is 4.19. The summed E-state index contributed by atoms with van der Waals surface area (Å²) in [7, 11) is 0. The SMILES string of the molecule is C=C(CNC1CCCc2sccc21)c1ccccc1. The van der Waals surface area contributed by atoms with Crippen molar-refractivity contribution in [1.82, 2.24) is 5.32 Å². The second-order valence-electron chi connectivity index (χ2n) is 5.09. The molecule has 98 valence electrons. The molecule has 1 unspecified atom stereocenters. The van der Waals surface area contributed by atoms with Crippen LogP contribution in [0.25, 0.3) is 5.57 Å². The monoisotopic (exact) mass is 269 g/mol. The van der Waals surface area contributed by atoms with Gasteiger partial charge in [-0.1, -0.05) is 36.9 Å². The fourth-order valence-corrected chi connectivity index (χ4v) is 3.71. The van der Waals surface area contributed by atoms with Crippen molar-refractivity contribution in [3.8, 4) is 0 Å². The zero-order valence-electron chi connectivity index (χ0n) is 11.1. The lowest BCUT2D eigenvalue weighted by molar-refractivity contribution is 0.487. The minimum Gasteiger partial charge on any atom is -0.306 e. The second kappa shape index (κ2) is 5.72. The first kappa shape index (κ1) is 12.6. The van der Waals surface area contributed by atoms with Gasteiger partial charge in [-0.05, 0) is 47.4 Å². The van der Waals surface area contributed by atoms with Gasteiger partial charge in [-0.25, -0.2) is 0 Å². The number of benzene rings is 1. The second-order valence-corrected chi connectivity index (χ2v) is 6.10. The summed E-state index contributed by atoms with van der Waals surface area (Å²) in [6.45, 7) is 5.06. The maximum atomic E-state index is 4.19. The van der Waals surface area contributed by atoms with Crippen molar-refractivity contribution in [2.45, 2.75) is 25.3 Å². The minimum absolute atomic E-state index is 0.510. The summed E-state index contributed by atoms with van der Waals surface area (Å²) >= 11 is 1.90. The van der Waals surface area contributed by atoms with E-state index in [1.807, 2.05) is 17.4 Å². The molecule has 1 aromatic carbocycles. The Bertz CT molecular complexity index is 556. The van der Waals surface area contributed by atoms with Gasteiger partial charge in [0.1, 0.15) is 0 Å². The Morgan fingerprint density at radius 3 is 2.95 bits per heavy atom. The van der Waals surface area contributed by atoms with Crippen LogP contribution >= 0.6 is 11.3 Å². The number of thiophene rings is 1. The lowest BCUT2D eigenvalue weighted by Crippen LogP contribution is -2.25. The van der Waals surface area contributed by atoms with E-state index < -0.39 is 0 Å². The van der Waals surface area contributed by atoms with Gasteiger partial charge in [-0.15, -0.1) is 11.3 Å². The number of hydrogen-bond donors (Lipinski definition) is 1. The van der Waals surface area contributed by atoms with Gasteiger partial charge >= 0.3 is 0 Å². The fraction of sp³-hybridized carbons (Fsp3) is 0.294. The molecule has 2 heteroatoms. The molecular weight excluding hydrogens is 250 g/mol. The van der Waals surface area contributed by atoms with Crippen LogP contribution in [0.15, 0.2) is 48.4 Å². The van der Waals surface area contributed by atoms with E-state index in [2.05, 4.69) is 47.6 Å². The van der Waals surface area contributed by atoms with Crippen LogP contribution in [0.4, 0.5) is 0 Å². The first-order valence-electron chi connectivity index (χ1n) is 6.87. The molecule has 1 aliphatic rings. The van der Waals surface area contributed by atoms with E-state index in [-0.39, 0.29) is 0 Å². The molecule has 1 nitrogen and oxygen atoms in total. The minimum atomic E-state index is 0.510. The van der Waals surface area contributed by atoms with Crippen LogP contribution in [0.5, 0.6) is 0 Å². The highest BCUT2D eigenvalue weighted by atomic mass is 32.1. The predicted octanol–water partition coefficient (Wildman–Crippen LogP) is 4.43. The molecule has 1 aliphatic carbocycles. The molecule has 0 aliphatic heterocycles. The van der Waals surface area contributed by atoms with Gasteiger partial charge in [0.15, 0.2) is 0 Å². The molecule has 0 fully saturated rings. The Kier molecular flexibility index (Phi) is 3.81. The molecule has 0 radical (unpaired) electrons. The van der Waals surface area contributed by atoms with E-state index in [9.17, 15) is 0 Å². The summed E-state index contributed by atoms with van der Waals surface area (Å²) in [5.74, 6) is 0. The third-order valence-electron chi connectivity index (χ3n) is 3.80. The first-order valence-corrected chi connectivity index (χ1v) is 7.75. The van der Waals surface area contributed by atoms with Crippen LogP contribution in [-0.4, -0.2) is 6.54 Å². The van der Waals surface area contributed by atoms with Gasteiger partial charge in [0.25, 0.3) is 0 Å². The Balaban J connectivity index is 1.64. The van der Waals surface area contributed by atoms with Crippen molar-refractivity contribution in [2.24, 2.45) is 0 Å². The molecule has 0 saturated carbocycles. The van der Waals surface area contributed by atoms with E-state index >= 15 is 0 Å². The lowest BCUT2D eigenvalue weighted by atomic mass is 9.93. The van der Waals surface area contributed by atoms with E-state index in [1.165, 1.54) is 36.0 Å². The predicted molar refractivity (Wildman–Crippen MR) is 83.5 cm³/mol. The number of nitrogens with one attached hydrogen (secondary N) is 1. The average Bonchev–Trinajstić information content (AvgIpc) is 2.94. The Labute approximate surface area is 119 Å². The summed E-state index contributed by atoms with van der Waals surface area (Å²) in [5.41, 5.74) is 3.91. The Morgan fingerprint density at radius 2 is 2.11 bits per heavy atom. The maximum Gasteiger partial charge on any atom is 0.0334 e. The molecule has 1 N–H and O–H groups in total. The van der Waals surface area contributed by atoms with Crippen molar-refractivity contribution >= 4 is 16.9 Å². The molecule has 3 rings (SSSR count). The molecule has 2 aromatic rings. The highest BCUT2D eigenvalue weighted by Gasteiger charge is 2.20. The summed E-state index contributed by atoms with van der Waals surface area (Å²) in [5, 5.41) is 5.89. The Hall–Kier alpha value is -1.38. The number of fused-ring (bicyclic) bond motifs is 1. The molecule has 0 saturated heterocycles.